The Balaban J connectivity index is 2.14. The average Bonchev–Trinajstić information content (AvgIpc) is 2.39. The lowest BCUT2D eigenvalue weighted by molar-refractivity contribution is 0.475. The van der Waals surface area contributed by atoms with Crippen LogP contribution >= 0.6 is 11.6 Å². The minimum absolute atomic E-state index is 0.256. The van der Waals surface area contributed by atoms with Crippen LogP contribution in [0.4, 0.5) is 0 Å². The van der Waals surface area contributed by atoms with Crippen molar-refractivity contribution in [2.24, 2.45) is 5.73 Å². The van der Waals surface area contributed by atoms with Gasteiger partial charge in [0.1, 0.15) is 5.75 Å². The maximum atomic E-state index is 9.29. The summed E-state index contributed by atoms with van der Waals surface area (Å²) in [4.78, 5) is 0. The number of rotatable bonds is 4. The molecule has 18 heavy (non-hydrogen) atoms. The van der Waals surface area contributed by atoms with E-state index < -0.39 is 0 Å². The molecule has 0 aromatic heterocycles. The Hall–Kier alpha value is -1.51. The van der Waals surface area contributed by atoms with E-state index >= 15 is 0 Å². The van der Waals surface area contributed by atoms with Gasteiger partial charge in [-0.05, 0) is 48.4 Å². The van der Waals surface area contributed by atoms with Crippen molar-refractivity contribution >= 4 is 11.6 Å². The van der Waals surface area contributed by atoms with Crippen molar-refractivity contribution < 1.29 is 5.11 Å². The standard InChI is InChI=1S/C15H16ClNO/c16-14-5-1-11(2-6-14)9-13(10-17)12-3-7-15(18)8-4-12/h1-8,13,18H,9-10,17H2. The molecule has 0 aliphatic rings. The molecule has 3 N–H and O–H groups in total. The molecule has 0 radical (unpaired) electrons. The molecule has 1 unspecified atom stereocenters. The molecular formula is C15H16ClNO. The maximum Gasteiger partial charge on any atom is 0.115 e. The molecule has 2 nitrogen and oxygen atoms in total. The monoisotopic (exact) mass is 261 g/mol. The van der Waals surface area contributed by atoms with E-state index in [9.17, 15) is 5.11 Å². The molecule has 1 atom stereocenters. The highest BCUT2D eigenvalue weighted by molar-refractivity contribution is 6.30. The third kappa shape index (κ3) is 3.25. The van der Waals surface area contributed by atoms with Gasteiger partial charge in [-0.2, -0.15) is 0 Å². The molecule has 2 aromatic carbocycles. The summed E-state index contributed by atoms with van der Waals surface area (Å²) in [5.41, 5.74) is 8.19. The van der Waals surface area contributed by atoms with Crippen molar-refractivity contribution in [2.75, 3.05) is 6.54 Å². The van der Waals surface area contributed by atoms with Crippen molar-refractivity contribution in [2.45, 2.75) is 12.3 Å². The van der Waals surface area contributed by atoms with Gasteiger partial charge >= 0.3 is 0 Å². The highest BCUT2D eigenvalue weighted by Crippen LogP contribution is 2.22. The predicted octanol–water partition coefficient (Wildman–Crippen LogP) is 3.33. The van der Waals surface area contributed by atoms with E-state index in [4.69, 9.17) is 17.3 Å². The first-order valence-corrected chi connectivity index (χ1v) is 6.30. The number of hydrogen-bond acceptors (Lipinski definition) is 2. The Bertz CT molecular complexity index is 493. The number of phenols is 1. The molecule has 0 aliphatic carbocycles. The van der Waals surface area contributed by atoms with Crippen LogP contribution in [0.25, 0.3) is 0 Å². The van der Waals surface area contributed by atoms with E-state index in [1.54, 1.807) is 12.1 Å². The van der Waals surface area contributed by atoms with Crippen LogP contribution in [0.1, 0.15) is 17.0 Å². The lowest BCUT2D eigenvalue weighted by atomic mass is 9.92. The van der Waals surface area contributed by atoms with Crippen LogP contribution in [0.5, 0.6) is 5.75 Å². The zero-order valence-corrected chi connectivity index (χ0v) is 10.8. The molecule has 0 aliphatic heterocycles. The first-order valence-electron chi connectivity index (χ1n) is 5.92. The van der Waals surface area contributed by atoms with Gasteiger partial charge in [-0.1, -0.05) is 35.9 Å². The molecule has 0 bridgehead atoms. The summed E-state index contributed by atoms with van der Waals surface area (Å²) >= 11 is 5.86. The number of halogens is 1. The number of phenolic OH excluding ortho intramolecular Hbond substituents is 1. The summed E-state index contributed by atoms with van der Waals surface area (Å²) < 4.78 is 0. The van der Waals surface area contributed by atoms with E-state index in [0.29, 0.717) is 6.54 Å². The van der Waals surface area contributed by atoms with Gasteiger partial charge in [-0.25, -0.2) is 0 Å². The van der Waals surface area contributed by atoms with Gasteiger partial charge in [0.25, 0.3) is 0 Å². The topological polar surface area (TPSA) is 46.2 Å². The van der Waals surface area contributed by atoms with Gasteiger partial charge in [0.2, 0.25) is 0 Å². The molecule has 0 amide bonds. The third-order valence-corrected chi connectivity index (χ3v) is 3.30. The summed E-state index contributed by atoms with van der Waals surface area (Å²) in [5.74, 6) is 0.535. The van der Waals surface area contributed by atoms with Gasteiger partial charge in [-0.15, -0.1) is 0 Å². The average molecular weight is 262 g/mol. The Labute approximate surface area is 112 Å². The molecule has 0 heterocycles. The second-order valence-corrected chi connectivity index (χ2v) is 4.79. The molecule has 0 saturated heterocycles. The van der Waals surface area contributed by atoms with Crippen LogP contribution in [0.2, 0.25) is 5.02 Å². The predicted molar refractivity (Wildman–Crippen MR) is 75.1 cm³/mol. The summed E-state index contributed by atoms with van der Waals surface area (Å²) in [7, 11) is 0. The molecule has 0 fully saturated rings. The Morgan fingerprint density at radius 1 is 1.00 bits per heavy atom. The zero-order valence-electron chi connectivity index (χ0n) is 10.0. The summed E-state index contributed by atoms with van der Waals surface area (Å²) in [6, 6.07) is 15.0. The Morgan fingerprint density at radius 3 is 2.17 bits per heavy atom. The molecule has 0 spiro atoms. The van der Waals surface area contributed by atoms with Crippen molar-refractivity contribution in [1.29, 1.82) is 0 Å². The van der Waals surface area contributed by atoms with Crippen molar-refractivity contribution in [3.63, 3.8) is 0 Å². The van der Waals surface area contributed by atoms with E-state index in [-0.39, 0.29) is 11.7 Å². The van der Waals surface area contributed by atoms with Crippen molar-refractivity contribution in [3.8, 4) is 5.75 Å². The number of benzene rings is 2. The fourth-order valence-electron chi connectivity index (χ4n) is 1.99. The lowest BCUT2D eigenvalue weighted by Gasteiger charge is -2.15. The minimum Gasteiger partial charge on any atom is -0.508 e. The van der Waals surface area contributed by atoms with Crippen LogP contribution in [-0.2, 0) is 6.42 Å². The SMILES string of the molecule is NCC(Cc1ccc(Cl)cc1)c1ccc(O)cc1. The van der Waals surface area contributed by atoms with Crippen LogP contribution in [-0.4, -0.2) is 11.7 Å². The fraction of sp³-hybridized carbons (Fsp3) is 0.200. The van der Waals surface area contributed by atoms with E-state index in [1.165, 1.54) is 5.56 Å². The van der Waals surface area contributed by atoms with E-state index in [2.05, 4.69) is 0 Å². The minimum atomic E-state index is 0.256. The molecular weight excluding hydrogens is 246 g/mol. The second-order valence-electron chi connectivity index (χ2n) is 4.35. The second kappa shape index (κ2) is 5.89. The molecule has 3 heteroatoms. The summed E-state index contributed by atoms with van der Waals surface area (Å²) in [6.45, 7) is 0.577. The smallest absolute Gasteiger partial charge is 0.115 e. The number of aromatic hydroxyl groups is 1. The normalized spacial score (nSPS) is 12.3. The lowest BCUT2D eigenvalue weighted by Crippen LogP contribution is -2.14. The van der Waals surface area contributed by atoms with Gasteiger partial charge in [-0.3, -0.25) is 0 Å². The van der Waals surface area contributed by atoms with Gasteiger partial charge in [0, 0.05) is 10.9 Å². The van der Waals surface area contributed by atoms with E-state index in [0.717, 1.165) is 17.0 Å². The quantitative estimate of drug-likeness (QED) is 0.887. The van der Waals surface area contributed by atoms with Gasteiger partial charge in [0.05, 0.1) is 0 Å². The largest absolute Gasteiger partial charge is 0.508 e. The zero-order chi connectivity index (χ0) is 13.0. The van der Waals surface area contributed by atoms with Crippen LogP contribution in [0, 0.1) is 0 Å². The van der Waals surface area contributed by atoms with Crippen LogP contribution in [0.3, 0.4) is 0 Å². The molecule has 2 rings (SSSR count). The van der Waals surface area contributed by atoms with Crippen LogP contribution in [0.15, 0.2) is 48.5 Å². The van der Waals surface area contributed by atoms with Crippen molar-refractivity contribution in [3.05, 3.63) is 64.7 Å². The third-order valence-electron chi connectivity index (χ3n) is 3.04. The van der Waals surface area contributed by atoms with E-state index in [1.807, 2.05) is 36.4 Å². The van der Waals surface area contributed by atoms with Gasteiger partial charge < -0.3 is 10.8 Å². The Morgan fingerprint density at radius 2 is 1.61 bits per heavy atom. The first-order chi connectivity index (χ1) is 8.69. The molecule has 94 valence electrons. The van der Waals surface area contributed by atoms with Crippen molar-refractivity contribution in [1.82, 2.24) is 0 Å². The fourth-order valence-corrected chi connectivity index (χ4v) is 2.11. The summed E-state index contributed by atoms with van der Waals surface area (Å²) in [5, 5.41) is 10.0. The maximum absolute atomic E-state index is 9.29. The van der Waals surface area contributed by atoms with Gasteiger partial charge in [0.15, 0.2) is 0 Å². The number of hydrogen-bond donors (Lipinski definition) is 2. The molecule has 0 saturated carbocycles. The molecule has 2 aromatic rings. The van der Waals surface area contributed by atoms with Crippen LogP contribution < -0.4 is 5.73 Å². The highest BCUT2D eigenvalue weighted by atomic mass is 35.5. The highest BCUT2D eigenvalue weighted by Gasteiger charge is 2.10. The number of nitrogens with two attached hydrogens (primary N) is 1. The summed E-state index contributed by atoms with van der Waals surface area (Å²) in [6.07, 6.45) is 0.873. The first kappa shape index (κ1) is 12.9. The Kier molecular flexibility index (Phi) is 4.24.